The van der Waals surface area contributed by atoms with Gasteiger partial charge in [-0.2, -0.15) is 0 Å². The van der Waals surface area contributed by atoms with Gasteiger partial charge in [0.1, 0.15) is 0 Å². The zero-order valence-corrected chi connectivity index (χ0v) is 12.9. The minimum Gasteiger partial charge on any atom is -0.383 e. The Labute approximate surface area is 122 Å². The van der Waals surface area contributed by atoms with E-state index in [2.05, 4.69) is 47.8 Å². The van der Waals surface area contributed by atoms with E-state index in [4.69, 9.17) is 4.74 Å². The predicted octanol–water partition coefficient (Wildman–Crippen LogP) is 2.78. The highest BCUT2D eigenvalue weighted by molar-refractivity contribution is 5.45. The van der Waals surface area contributed by atoms with E-state index in [0.29, 0.717) is 12.6 Å². The highest BCUT2D eigenvalue weighted by Gasteiger charge is 2.10. The fourth-order valence-electron chi connectivity index (χ4n) is 2.18. The number of anilines is 1. The summed E-state index contributed by atoms with van der Waals surface area (Å²) in [5.74, 6) is 0. The Morgan fingerprint density at radius 2 is 2.25 bits per heavy atom. The van der Waals surface area contributed by atoms with Gasteiger partial charge in [-0.3, -0.25) is 4.98 Å². The SMILES string of the molecule is C=CCN(CCOC)c1ccc(C(CC)NCC)nc1. The topological polar surface area (TPSA) is 37.4 Å². The fourth-order valence-corrected chi connectivity index (χ4v) is 2.18. The van der Waals surface area contributed by atoms with E-state index in [0.717, 1.165) is 37.4 Å². The average Bonchev–Trinajstić information content (AvgIpc) is 2.49. The molecule has 112 valence electrons. The molecule has 0 saturated carbocycles. The number of nitrogens with zero attached hydrogens (tertiary/aromatic N) is 2. The third-order valence-corrected chi connectivity index (χ3v) is 3.27. The van der Waals surface area contributed by atoms with Gasteiger partial charge in [-0.25, -0.2) is 0 Å². The highest BCUT2D eigenvalue weighted by Crippen LogP contribution is 2.18. The molecule has 1 atom stereocenters. The molecule has 0 aliphatic rings. The third kappa shape index (κ3) is 4.94. The summed E-state index contributed by atoms with van der Waals surface area (Å²) in [5, 5.41) is 3.44. The Hall–Kier alpha value is -1.39. The lowest BCUT2D eigenvalue weighted by Crippen LogP contribution is -2.27. The number of hydrogen-bond acceptors (Lipinski definition) is 4. The number of ether oxygens (including phenoxy) is 1. The fraction of sp³-hybridized carbons (Fsp3) is 0.562. The van der Waals surface area contributed by atoms with E-state index in [-0.39, 0.29) is 0 Å². The lowest BCUT2D eigenvalue weighted by molar-refractivity contribution is 0.206. The van der Waals surface area contributed by atoms with Crippen LogP contribution < -0.4 is 10.2 Å². The van der Waals surface area contributed by atoms with Crippen molar-refractivity contribution in [3.05, 3.63) is 36.7 Å². The van der Waals surface area contributed by atoms with Crippen molar-refractivity contribution in [1.82, 2.24) is 10.3 Å². The average molecular weight is 277 g/mol. The van der Waals surface area contributed by atoms with Crippen molar-refractivity contribution in [3.63, 3.8) is 0 Å². The molecule has 0 spiro atoms. The second-order valence-electron chi connectivity index (χ2n) is 4.69. The standard InChI is InChI=1S/C16H27N3O/c1-5-10-19(11-12-20-4)14-8-9-16(18-13-14)15(6-2)17-7-3/h5,8-9,13,15,17H,1,6-7,10-12H2,2-4H3. The number of methoxy groups -OCH3 is 1. The van der Waals surface area contributed by atoms with Crippen LogP contribution in [0.4, 0.5) is 5.69 Å². The summed E-state index contributed by atoms with van der Waals surface area (Å²) in [4.78, 5) is 6.81. The molecule has 4 heteroatoms. The van der Waals surface area contributed by atoms with Gasteiger partial charge >= 0.3 is 0 Å². The van der Waals surface area contributed by atoms with Crippen LogP contribution in [0.1, 0.15) is 32.0 Å². The normalized spacial score (nSPS) is 12.2. The zero-order valence-electron chi connectivity index (χ0n) is 12.9. The van der Waals surface area contributed by atoms with Gasteiger partial charge < -0.3 is 15.0 Å². The van der Waals surface area contributed by atoms with Gasteiger partial charge in [0.2, 0.25) is 0 Å². The summed E-state index contributed by atoms with van der Waals surface area (Å²) in [7, 11) is 1.72. The second-order valence-corrected chi connectivity index (χ2v) is 4.69. The first-order valence-corrected chi connectivity index (χ1v) is 7.30. The summed E-state index contributed by atoms with van der Waals surface area (Å²) in [6.45, 7) is 11.4. The monoisotopic (exact) mass is 277 g/mol. The Morgan fingerprint density at radius 3 is 2.75 bits per heavy atom. The lowest BCUT2D eigenvalue weighted by Gasteiger charge is -2.23. The minimum absolute atomic E-state index is 0.334. The molecule has 0 fully saturated rings. The Kier molecular flexibility index (Phi) is 7.92. The Balaban J connectivity index is 2.78. The Bertz CT molecular complexity index is 378. The maximum absolute atomic E-state index is 5.15. The molecule has 1 aromatic heterocycles. The molecule has 1 unspecified atom stereocenters. The smallest absolute Gasteiger partial charge is 0.0637 e. The van der Waals surface area contributed by atoms with Crippen LogP contribution in [-0.2, 0) is 4.74 Å². The van der Waals surface area contributed by atoms with E-state index >= 15 is 0 Å². The maximum atomic E-state index is 5.15. The van der Waals surface area contributed by atoms with Gasteiger partial charge in [-0.1, -0.05) is 19.9 Å². The molecular formula is C16H27N3O. The van der Waals surface area contributed by atoms with E-state index in [1.54, 1.807) is 7.11 Å². The Morgan fingerprint density at radius 1 is 1.45 bits per heavy atom. The summed E-state index contributed by atoms with van der Waals surface area (Å²) >= 11 is 0. The quantitative estimate of drug-likeness (QED) is 0.667. The van der Waals surface area contributed by atoms with Crippen LogP contribution in [0.5, 0.6) is 0 Å². The van der Waals surface area contributed by atoms with Gasteiger partial charge in [-0.15, -0.1) is 6.58 Å². The minimum atomic E-state index is 0.334. The first-order chi connectivity index (χ1) is 9.76. The molecule has 1 aromatic rings. The van der Waals surface area contributed by atoms with Crippen molar-refractivity contribution < 1.29 is 4.74 Å². The van der Waals surface area contributed by atoms with Crippen LogP contribution in [0, 0.1) is 0 Å². The number of pyridine rings is 1. The molecule has 4 nitrogen and oxygen atoms in total. The van der Waals surface area contributed by atoms with Gasteiger partial charge in [0.25, 0.3) is 0 Å². The highest BCUT2D eigenvalue weighted by atomic mass is 16.5. The van der Waals surface area contributed by atoms with E-state index in [1.807, 2.05) is 12.3 Å². The first-order valence-electron chi connectivity index (χ1n) is 7.30. The van der Waals surface area contributed by atoms with E-state index in [9.17, 15) is 0 Å². The van der Waals surface area contributed by atoms with Crippen molar-refractivity contribution in [3.8, 4) is 0 Å². The maximum Gasteiger partial charge on any atom is 0.0637 e. The van der Waals surface area contributed by atoms with Gasteiger partial charge in [0.15, 0.2) is 0 Å². The number of nitrogens with one attached hydrogen (secondary N) is 1. The van der Waals surface area contributed by atoms with Crippen molar-refractivity contribution >= 4 is 5.69 Å². The van der Waals surface area contributed by atoms with Crippen molar-refractivity contribution in [2.75, 3.05) is 38.3 Å². The van der Waals surface area contributed by atoms with Crippen LogP contribution in [0.2, 0.25) is 0 Å². The first kappa shape index (κ1) is 16.7. The number of aromatic nitrogens is 1. The largest absolute Gasteiger partial charge is 0.383 e. The number of hydrogen-bond donors (Lipinski definition) is 1. The molecular weight excluding hydrogens is 250 g/mol. The molecule has 0 aromatic carbocycles. The van der Waals surface area contributed by atoms with Crippen molar-refractivity contribution in [1.29, 1.82) is 0 Å². The van der Waals surface area contributed by atoms with Crippen LogP contribution in [0.3, 0.4) is 0 Å². The van der Waals surface area contributed by atoms with Crippen LogP contribution in [0.25, 0.3) is 0 Å². The molecule has 0 radical (unpaired) electrons. The van der Waals surface area contributed by atoms with E-state index in [1.165, 1.54) is 0 Å². The van der Waals surface area contributed by atoms with Crippen molar-refractivity contribution in [2.45, 2.75) is 26.3 Å². The molecule has 0 saturated heterocycles. The van der Waals surface area contributed by atoms with Gasteiger partial charge in [0.05, 0.1) is 24.2 Å². The molecule has 0 aliphatic heterocycles. The third-order valence-electron chi connectivity index (χ3n) is 3.27. The lowest BCUT2D eigenvalue weighted by atomic mass is 10.1. The summed E-state index contributed by atoms with van der Waals surface area (Å²) in [6, 6.07) is 4.57. The summed E-state index contributed by atoms with van der Waals surface area (Å²) in [6.07, 6.45) is 4.88. The van der Waals surface area contributed by atoms with E-state index < -0.39 is 0 Å². The van der Waals surface area contributed by atoms with Crippen LogP contribution in [-0.4, -0.2) is 38.3 Å². The molecule has 1 rings (SSSR count). The molecule has 0 amide bonds. The second kappa shape index (κ2) is 9.50. The summed E-state index contributed by atoms with van der Waals surface area (Å²) < 4.78 is 5.15. The van der Waals surface area contributed by atoms with Gasteiger partial charge in [0, 0.05) is 26.2 Å². The predicted molar refractivity (Wildman–Crippen MR) is 85.2 cm³/mol. The van der Waals surface area contributed by atoms with Crippen LogP contribution >= 0.6 is 0 Å². The zero-order chi connectivity index (χ0) is 14.8. The van der Waals surface area contributed by atoms with Gasteiger partial charge in [-0.05, 0) is 25.1 Å². The summed E-state index contributed by atoms with van der Waals surface area (Å²) in [5.41, 5.74) is 2.21. The molecule has 0 bridgehead atoms. The number of rotatable bonds is 10. The molecule has 1 N–H and O–H groups in total. The molecule has 20 heavy (non-hydrogen) atoms. The molecule has 0 aliphatic carbocycles. The van der Waals surface area contributed by atoms with Crippen molar-refractivity contribution in [2.24, 2.45) is 0 Å². The molecule has 1 heterocycles. The van der Waals surface area contributed by atoms with Crippen LogP contribution in [0.15, 0.2) is 31.0 Å².